The molecule has 0 aliphatic carbocycles. The van der Waals surface area contributed by atoms with Crippen molar-refractivity contribution < 1.29 is 9.84 Å². The molecule has 0 aliphatic heterocycles. The van der Waals surface area contributed by atoms with Gasteiger partial charge >= 0.3 is 0 Å². The van der Waals surface area contributed by atoms with Gasteiger partial charge in [-0.1, -0.05) is 24.0 Å². The normalized spacial score (nSPS) is 10.7. The number of thioether (sulfide) groups is 1. The maximum Gasteiger partial charge on any atom is 0.223 e. The fraction of sp³-hybridized carbons (Fsp3) is 0.143. The van der Waals surface area contributed by atoms with Gasteiger partial charge in [-0.25, -0.2) is 9.97 Å². The number of ether oxygens (including phenoxy) is 1. The summed E-state index contributed by atoms with van der Waals surface area (Å²) in [6.45, 7) is 0. The van der Waals surface area contributed by atoms with Crippen molar-refractivity contribution >= 4 is 51.8 Å². The number of benzene rings is 1. The van der Waals surface area contributed by atoms with Crippen LogP contribution in [-0.4, -0.2) is 42.9 Å². The van der Waals surface area contributed by atoms with Gasteiger partial charge in [-0.2, -0.15) is 4.98 Å². The van der Waals surface area contributed by atoms with Crippen LogP contribution in [0.2, 0.25) is 0 Å². The van der Waals surface area contributed by atoms with Gasteiger partial charge in [0.2, 0.25) is 5.95 Å². The molecule has 1 aromatic carbocycles. The van der Waals surface area contributed by atoms with Gasteiger partial charge in [0.15, 0.2) is 17.1 Å². The number of aromatic nitrogens is 4. The van der Waals surface area contributed by atoms with Crippen molar-refractivity contribution in [2.24, 2.45) is 0 Å². The standard InChI is InChI=1S/C14H14N6O2S2/c1-22-9-4-7(2-3-8(9)21)18-10(23)5-24-13-11-12(17-6-16-11)19-14(15)20-13/h2-4,6,21H,5H2,1H3,(H,18,23)(H3,15,16,17,19,20). The third-order valence-electron chi connectivity index (χ3n) is 3.07. The molecule has 3 rings (SSSR count). The summed E-state index contributed by atoms with van der Waals surface area (Å²) in [7, 11) is 1.49. The molecule has 8 nitrogen and oxygen atoms in total. The Labute approximate surface area is 146 Å². The number of rotatable bonds is 5. The van der Waals surface area contributed by atoms with Crippen LogP contribution in [0, 0.1) is 0 Å². The van der Waals surface area contributed by atoms with Crippen molar-refractivity contribution in [2.75, 3.05) is 23.9 Å². The lowest BCUT2D eigenvalue weighted by atomic mass is 10.3. The molecule has 0 unspecified atom stereocenters. The number of nitrogens with two attached hydrogens (primary N) is 1. The molecule has 0 bridgehead atoms. The molecular formula is C14H14N6O2S2. The third kappa shape index (κ3) is 3.49. The summed E-state index contributed by atoms with van der Waals surface area (Å²) < 4.78 is 5.07. The van der Waals surface area contributed by atoms with Crippen molar-refractivity contribution in [1.29, 1.82) is 0 Å². The van der Waals surface area contributed by atoms with Crippen LogP contribution >= 0.6 is 24.0 Å². The third-order valence-corrected chi connectivity index (χ3v) is 4.50. The molecule has 0 fully saturated rings. The van der Waals surface area contributed by atoms with Gasteiger partial charge in [0.25, 0.3) is 0 Å². The number of aromatic hydroxyl groups is 1. The number of fused-ring (bicyclic) bond motifs is 1. The van der Waals surface area contributed by atoms with Gasteiger partial charge in [0.1, 0.15) is 10.5 Å². The number of nitrogens with one attached hydrogen (secondary N) is 2. The zero-order valence-corrected chi connectivity index (χ0v) is 14.2. The van der Waals surface area contributed by atoms with Crippen LogP contribution in [-0.2, 0) is 0 Å². The second-order valence-electron chi connectivity index (χ2n) is 4.71. The van der Waals surface area contributed by atoms with Crippen molar-refractivity contribution in [2.45, 2.75) is 5.03 Å². The van der Waals surface area contributed by atoms with Gasteiger partial charge in [0, 0.05) is 11.8 Å². The quantitative estimate of drug-likeness (QED) is 0.234. The van der Waals surface area contributed by atoms with E-state index in [0.29, 0.717) is 27.2 Å². The van der Waals surface area contributed by atoms with E-state index in [-0.39, 0.29) is 11.7 Å². The summed E-state index contributed by atoms with van der Waals surface area (Å²) in [5.41, 5.74) is 7.66. The first-order valence-corrected chi connectivity index (χ1v) is 8.22. The molecule has 0 atom stereocenters. The predicted molar refractivity (Wildman–Crippen MR) is 97.7 cm³/mol. The van der Waals surface area contributed by atoms with Crippen molar-refractivity contribution in [1.82, 2.24) is 19.9 Å². The summed E-state index contributed by atoms with van der Waals surface area (Å²) in [5, 5.41) is 13.4. The highest BCUT2D eigenvalue weighted by atomic mass is 32.2. The Morgan fingerprint density at radius 2 is 2.29 bits per heavy atom. The topological polar surface area (TPSA) is 122 Å². The highest BCUT2D eigenvalue weighted by molar-refractivity contribution is 8.01. The minimum Gasteiger partial charge on any atom is -0.504 e. The van der Waals surface area contributed by atoms with Gasteiger partial charge in [-0.05, 0) is 12.1 Å². The Bertz CT molecular complexity index is 898. The van der Waals surface area contributed by atoms with Crippen molar-refractivity contribution in [3.63, 3.8) is 0 Å². The largest absolute Gasteiger partial charge is 0.504 e. The molecule has 0 aliphatic rings. The molecule has 2 heterocycles. The number of thiocarbonyl (C=S) groups is 1. The molecule has 10 heteroatoms. The molecule has 0 radical (unpaired) electrons. The molecule has 0 amide bonds. The Morgan fingerprint density at radius 3 is 3.08 bits per heavy atom. The molecular weight excluding hydrogens is 348 g/mol. The van der Waals surface area contributed by atoms with Crippen LogP contribution in [0.4, 0.5) is 11.6 Å². The van der Waals surface area contributed by atoms with Crippen LogP contribution < -0.4 is 15.8 Å². The number of nitrogen functional groups attached to an aromatic ring is 1. The zero-order valence-electron chi connectivity index (χ0n) is 12.6. The number of methoxy groups -OCH3 is 1. The summed E-state index contributed by atoms with van der Waals surface area (Å²) in [6.07, 6.45) is 1.54. The number of H-pyrrole nitrogens is 1. The molecule has 24 heavy (non-hydrogen) atoms. The van der Waals surface area contributed by atoms with Crippen LogP contribution in [0.15, 0.2) is 29.6 Å². The van der Waals surface area contributed by atoms with Crippen LogP contribution in [0.5, 0.6) is 11.5 Å². The average molecular weight is 362 g/mol. The van der Waals surface area contributed by atoms with E-state index in [1.54, 1.807) is 18.5 Å². The monoisotopic (exact) mass is 362 g/mol. The average Bonchev–Trinajstić information content (AvgIpc) is 3.02. The highest BCUT2D eigenvalue weighted by Crippen LogP contribution is 2.29. The van der Waals surface area contributed by atoms with Gasteiger partial charge in [-0.15, -0.1) is 0 Å². The van der Waals surface area contributed by atoms with Crippen LogP contribution in [0.25, 0.3) is 11.2 Å². The smallest absolute Gasteiger partial charge is 0.223 e. The molecule has 0 saturated carbocycles. The molecule has 0 saturated heterocycles. The summed E-state index contributed by atoms with van der Waals surface area (Å²) in [4.78, 5) is 15.9. The van der Waals surface area contributed by atoms with Crippen LogP contribution in [0.1, 0.15) is 0 Å². The fourth-order valence-electron chi connectivity index (χ4n) is 2.01. The second kappa shape index (κ2) is 6.89. The number of anilines is 2. The number of nitrogens with zero attached hydrogens (tertiary/aromatic N) is 3. The minimum absolute atomic E-state index is 0.0708. The maximum absolute atomic E-state index is 9.60. The van der Waals surface area contributed by atoms with Crippen molar-refractivity contribution in [3.8, 4) is 11.5 Å². The number of hydrogen-bond donors (Lipinski definition) is 4. The van der Waals surface area contributed by atoms with E-state index in [2.05, 4.69) is 25.3 Å². The number of imidazole rings is 1. The predicted octanol–water partition coefficient (Wildman–Crippen LogP) is 2.18. The summed E-state index contributed by atoms with van der Waals surface area (Å²) >= 11 is 6.77. The number of hydrogen-bond acceptors (Lipinski definition) is 8. The molecule has 0 spiro atoms. The SMILES string of the molecule is COc1cc(NC(=S)CSc2nc(N)nc3nc[nH]c23)ccc1O. The van der Waals surface area contributed by atoms with Gasteiger partial charge in [0.05, 0.1) is 24.2 Å². The van der Waals surface area contributed by atoms with E-state index in [4.69, 9.17) is 22.7 Å². The number of phenols is 1. The molecule has 124 valence electrons. The van der Waals surface area contributed by atoms with Crippen LogP contribution in [0.3, 0.4) is 0 Å². The summed E-state index contributed by atoms with van der Waals surface area (Å²) in [6, 6.07) is 4.92. The van der Waals surface area contributed by atoms with E-state index in [9.17, 15) is 5.11 Å². The Morgan fingerprint density at radius 1 is 1.46 bits per heavy atom. The Balaban J connectivity index is 1.68. The van der Waals surface area contributed by atoms with E-state index < -0.39 is 0 Å². The van der Waals surface area contributed by atoms with E-state index >= 15 is 0 Å². The number of phenolic OH excluding ortho intramolecular Hbond substituents is 1. The number of aromatic amines is 1. The lowest BCUT2D eigenvalue weighted by Crippen LogP contribution is -2.12. The zero-order chi connectivity index (χ0) is 17.1. The van der Waals surface area contributed by atoms with Gasteiger partial charge in [-0.3, -0.25) is 0 Å². The van der Waals surface area contributed by atoms with Gasteiger partial charge < -0.3 is 25.9 Å². The highest BCUT2D eigenvalue weighted by Gasteiger charge is 2.11. The minimum atomic E-state index is 0.0708. The maximum atomic E-state index is 9.60. The first-order chi connectivity index (χ1) is 11.6. The lowest BCUT2D eigenvalue weighted by molar-refractivity contribution is 0.374. The molecule has 2 aromatic heterocycles. The second-order valence-corrected chi connectivity index (χ2v) is 6.17. The van der Waals surface area contributed by atoms with Crippen molar-refractivity contribution in [3.05, 3.63) is 24.5 Å². The Hall–Kier alpha value is -2.59. The van der Waals surface area contributed by atoms with E-state index in [1.165, 1.54) is 24.9 Å². The molecule has 3 aromatic rings. The first-order valence-electron chi connectivity index (χ1n) is 6.83. The fourth-order valence-corrected chi connectivity index (χ4v) is 3.10. The first kappa shape index (κ1) is 16.3. The Kier molecular flexibility index (Phi) is 4.67. The summed E-state index contributed by atoms with van der Waals surface area (Å²) in [5.74, 6) is 1.10. The lowest BCUT2D eigenvalue weighted by Gasteiger charge is -2.10. The van der Waals surface area contributed by atoms with E-state index in [0.717, 1.165) is 11.2 Å². The molecule has 5 N–H and O–H groups in total. The van der Waals surface area contributed by atoms with E-state index in [1.807, 2.05) is 0 Å².